The normalized spacial score (nSPS) is 11.6. The first-order chi connectivity index (χ1) is 57.5. The minimum Gasteiger partial charge on any atom is -0.493 e. The van der Waals surface area contributed by atoms with Gasteiger partial charge < -0.3 is 46.1 Å². The maximum absolute atomic E-state index is 7.01. The molecule has 0 unspecified atom stereocenters. The van der Waals surface area contributed by atoms with Gasteiger partial charge in [-0.25, -0.2) is 0 Å². The second kappa shape index (κ2) is 64.0. The van der Waals surface area contributed by atoms with Crippen molar-refractivity contribution in [1.82, 2.24) is 40.8 Å². The largest absolute Gasteiger partial charge is 0.493 e. The molecule has 7 rings (SSSR count). The van der Waals surface area contributed by atoms with Crippen molar-refractivity contribution in [3.63, 3.8) is 0 Å². The van der Waals surface area contributed by atoms with E-state index < -0.39 is 0 Å². The van der Waals surface area contributed by atoms with E-state index >= 15 is 0 Å². The number of benzene rings is 3. The third kappa shape index (κ3) is 39.3. The van der Waals surface area contributed by atoms with Crippen LogP contribution in [0.4, 0.5) is 0 Å². The van der Waals surface area contributed by atoms with Crippen LogP contribution < -0.4 is 28.4 Å². The average molecular weight is 1610 g/mol. The predicted octanol–water partition coefficient (Wildman–Crippen LogP) is 31.0. The Labute approximate surface area is 702 Å². The summed E-state index contributed by atoms with van der Waals surface area (Å²) in [7, 11) is 0. The van der Waals surface area contributed by atoms with Crippen molar-refractivity contribution < 1.29 is 46.1 Å². The zero-order chi connectivity index (χ0) is 81.4. The topological polar surface area (TPSA) is 211 Å². The van der Waals surface area contributed by atoms with E-state index in [0.717, 1.165) is 89.9 Å². The predicted molar refractivity (Wildman–Crippen MR) is 475 cm³/mol. The third-order valence-corrected chi connectivity index (χ3v) is 22.7. The molecule has 0 atom stereocenters. The summed E-state index contributed by atoms with van der Waals surface area (Å²) in [5, 5.41) is 36.5. The van der Waals surface area contributed by atoms with Crippen molar-refractivity contribution in [2.24, 2.45) is 0 Å². The average Bonchev–Trinajstić information content (AvgIpc) is 1.59. The number of hydrogen-bond donors (Lipinski definition) is 0. The number of aromatic nitrogens is 8. The number of unbranched alkanes of at least 4 members (excludes halogenated alkanes) is 54. The highest BCUT2D eigenvalue weighted by Gasteiger charge is 2.28. The van der Waals surface area contributed by atoms with Crippen molar-refractivity contribution >= 4 is 0 Å². The van der Waals surface area contributed by atoms with Gasteiger partial charge in [0, 0.05) is 0 Å². The molecule has 4 aromatic heterocycles. The zero-order valence-corrected chi connectivity index (χ0v) is 73.9. The molecule has 0 saturated heterocycles. The van der Waals surface area contributed by atoms with Gasteiger partial charge in [0.05, 0.1) is 73.0 Å². The summed E-state index contributed by atoms with van der Waals surface area (Å²) in [4.78, 5) is 0. The Bertz CT molecular complexity index is 3260. The molecule has 0 saturated carbocycles. The Morgan fingerprint density at radius 3 is 0.474 bits per heavy atom. The molecule has 116 heavy (non-hydrogen) atoms. The van der Waals surface area contributed by atoms with Crippen LogP contribution in [0, 0.1) is 0 Å². The summed E-state index contributed by atoms with van der Waals surface area (Å²) < 4.78 is 67.0. The quantitative estimate of drug-likeness (QED) is 0.0324. The summed E-state index contributed by atoms with van der Waals surface area (Å²) in [5.41, 5.74) is 3.64. The number of hydrogen-bond acceptors (Lipinski definition) is 18. The van der Waals surface area contributed by atoms with Gasteiger partial charge >= 0.3 is 0 Å². The lowest BCUT2D eigenvalue weighted by Crippen LogP contribution is -2.03. The molecule has 3 aromatic carbocycles. The van der Waals surface area contributed by atoms with Crippen molar-refractivity contribution in [2.45, 2.75) is 427 Å². The van der Waals surface area contributed by atoms with Crippen molar-refractivity contribution in [2.75, 3.05) is 39.6 Å². The highest BCUT2D eigenvalue weighted by molar-refractivity contribution is 5.79. The fourth-order valence-electron chi connectivity index (χ4n) is 15.5. The summed E-state index contributed by atoms with van der Waals surface area (Å²) in [6, 6.07) is 11.7. The summed E-state index contributed by atoms with van der Waals surface area (Å²) in [5.74, 6) is 5.02. The van der Waals surface area contributed by atoms with Gasteiger partial charge in [-0.2, -0.15) is 0 Å². The molecule has 0 aliphatic rings. The van der Waals surface area contributed by atoms with Crippen molar-refractivity contribution in [1.29, 1.82) is 0 Å². The van der Waals surface area contributed by atoms with E-state index in [1.54, 1.807) is 0 Å². The molecular formula is C98H158N8O10. The lowest BCUT2D eigenvalue weighted by molar-refractivity contribution is 0.296. The maximum Gasteiger partial charge on any atom is 0.252 e. The highest BCUT2D eigenvalue weighted by atomic mass is 16.5. The van der Waals surface area contributed by atoms with E-state index in [1.807, 2.05) is 36.4 Å². The molecule has 0 spiro atoms. The summed E-state index contributed by atoms with van der Waals surface area (Å²) in [6.07, 6.45) is 75.5. The first-order valence-corrected chi connectivity index (χ1v) is 48.0. The van der Waals surface area contributed by atoms with E-state index in [0.29, 0.717) is 119 Å². The lowest BCUT2D eigenvalue weighted by atomic mass is 10.1. The van der Waals surface area contributed by atoms with Crippen LogP contribution in [0.25, 0.3) is 68.7 Å². The monoisotopic (exact) mass is 1610 g/mol. The standard InChI is InChI=1S/C98H158N8O10/c1-7-13-19-25-31-37-43-49-55-61-67-107-87-75-83(89(73-81(87)93-101-99-79-113-93)109-69-63-57-51-45-39-33-27-21-15-9-3)95-103-105-97(115-95)85-77-92(112-72-66-60-54-48-42-36-30-24-18-12-6)86(78-91(85)111-71-65-59-53-47-41-35-29-23-17-11-5)98-106-104-96(116-98)84-76-88(108-68-62-56-50-44-38-32-26-20-14-8-2)82(94-102-100-80-114-94)74-90(84)110-70-64-58-52-46-40-34-28-22-16-10-4/h73-80H,7-72H2,1-6H3. The summed E-state index contributed by atoms with van der Waals surface area (Å²) in [6.45, 7) is 16.6. The van der Waals surface area contributed by atoms with Crippen LogP contribution >= 0.6 is 0 Å². The van der Waals surface area contributed by atoms with Gasteiger partial charge in [-0.05, 0) is 74.9 Å². The Balaban J connectivity index is 1.26. The van der Waals surface area contributed by atoms with Gasteiger partial charge in [-0.3, -0.25) is 0 Å². The van der Waals surface area contributed by atoms with E-state index in [4.69, 9.17) is 66.5 Å². The zero-order valence-electron chi connectivity index (χ0n) is 73.9. The van der Waals surface area contributed by atoms with Crippen molar-refractivity contribution in [3.8, 4) is 103 Å². The van der Waals surface area contributed by atoms with Crippen molar-refractivity contribution in [3.05, 3.63) is 49.2 Å². The third-order valence-electron chi connectivity index (χ3n) is 22.7. The van der Waals surface area contributed by atoms with Gasteiger partial charge in [-0.1, -0.05) is 388 Å². The van der Waals surface area contributed by atoms with E-state index in [1.165, 1.54) is 308 Å². The van der Waals surface area contributed by atoms with Crippen LogP contribution in [0.1, 0.15) is 427 Å². The van der Waals surface area contributed by atoms with Crippen LogP contribution in [0.5, 0.6) is 34.5 Å². The first-order valence-electron chi connectivity index (χ1n) is 48.0. The molecule has 18 heteroatoms. The Kier molecular flexibility index (Phi) is 53.1. The van der Waals surface area contributed by atoms with Gasteiger partial charge in [0.2, 0.25) is 12.8 Å². The molecule has 0 aliphatic heterocycles. The minimum atomic E-state index is 0.255. The van der Waals surface area contributed by atoms with Crippen LogP contribution in [0.15, 0.2) is 66.9 Å². The molecule has 18 nitrogen and oxygen atoms in total. The smallest absolute Gasteiger partial charge is 0.252 e. The van der Waals surface area contributed by atoms with E-state index in [2.05, 4.69) is 61.9 Å². The molecular weight excluding hydrogens is 1450 g/mol. The molecule has 650 valence electrons. The second-order valence-electron chi connectivity index (χ2n) is 33.0. The molecule has 0 aliphatic carbocycles. The highest BCUT2D eigenvalue weighted by Crippen LogP contribution is 2.47. The molecule has 7 aromatic rings. The molecule has 0 bridgehead atoms. The second-order valence-corrected chi connectivity index (χ2v) is 33.0. The van der Waals surface area contributed by atoms with Gasteiger partial charge in [-0.15, -0.1) is 40.8 Å². The SMILES string of the molecule is CCCCCCCCCCCCOc1cc(-c2nnc(-c3cc(OCCCCCCCCCCCC)c(-c4nnc(-c5cc(OCCCCCCCCCCCC)c(-c6nnco6)cc5OCCCCCCCCCCCC)o4)cc3OCCCCCCCCCCCC)o2)c(OCCCCCCCCCCCC)cc1-c1nnco1. The fourth-order valence-corrected chi connectivity index (χ4v) is 15.5. The fraction of sp³-hybridized carbons (Fsp3) is 0.735. The number of nitrogens with zero attached hydrogens (tertiary/aromatic N) is 8. The molecule has 0 radical (unpaired) electrons. The maximum atomic E-state index is 7.01. The Morgan fingerprint density at radius 2 is 0.328 bits per heavy atom. The Morgan fingerprint density at radius 1 is 0.181 bits per heavy atom. The Hall–Kier alpha value is -6.98. The summed E-state index contributed by atoms with van der Waals surface area (Å²) >= 11 is 0. The number of rotatable bonds is 78. The van der Waals surface area contributed by atoms with Crippen LogP contribution in [-0.4, -0.2) is 80.4 Å². The molecule has 0 N–H and O–H groups in total. The first kappa shape index (κ1) is 96.2. The van der Waals surface area contributed by atoms with E-state index in [-0.39, 0.29) is 23.6 Å². The van der Waals surface area contributed by atoms with Crippen LogP contribution in [0.2, 0.25) is 0 Å². The van der Waals surface area contributed by atoms with Gasteiger partial charge in [0.25, 0.3) is 35.3 Å². The van der Waals surface area contributed by atoms with E-state index in [9.17, 15) is 0 Å². The van der Waals surface area contributed by atoms with Crippen LogP contribution in [-0.2, 0) is 0 Å². The van der Waals surface area contributed by atoms with Gasteiger partial charge in [0.1, 0.15) is 34.5 Å². The molecule has 4 heterocycles. The van der Waals surface area contributed by atoms with Crippen LogP contribution in [0.3, 0.4) is 0 Å². The molecule has 0 fully saturated rings. The molecule has 0 amide bonds. The minimum absolute atomic E-state index is 0.255. The van der Waals surface area contributed by atoms with Gasteiger partial charge in [0.15, 0.2) is 0 Å². The lowest BCUT2D eigenvalue weighted by Gasteiger charge is -2.16. The number of ether oxygens (including phenoxy) is 6.